The number of hydrogen-bond acceptors (Lipinski definition) is 4. The van der Waals surface area contributed by atoms with E-state index in [4.69, 9.17) is 4.74 Å². The third-order valence-electron chi connectivity index (χ3n) is 2.76. The Bertz CT molecular complexity index is 317. The van der Waals surface area contributed by atoms with Gasteiger partial charge in [0.15, 0.2) is 5.82 Å². The van der Waals surface area contributed by atoms with E-state index >= 15 is 0 Å². The molecule has 0 spiro atoms. The standard InChI is InChI=1S/C10H18N4O/c1-7-9(6-15-2)10(14-13-7)12-8-3-4-11-5-8/h8,11H,3-6H2,1-2H3,(H2,12,13,14). The van der Waals surface area contributed by atoms with Crippen molar-refractivity contribution in [3.05, 3.63) is 11.3 Å². The van der Waals surface area contributed by atoms with E-state index in [2.05, 4.69) is 20.8 Å². The van der Waals surface area contributed by atoms with Crippen molar-refractivity contribution in [1.29, 1.82) is 0 Å². The molecular formula is C10H18N4O. The molecule has 0 aliphatic carbocycles. The maximum Gasteiger partial charge on any atom is 0.153 e. The first-order valence-corrected chi connectivity index (χ1v) is 5.31. The number of aromatic amines is 1. The molecule has 1 aromatic rings. The number of methoxy groups -OCH3 is 1. The molecule has 0 amide bonds. The number of rotatable bonds is 4. The molecule has 1 aliphatic heterocycles. The zero-order valence-corrected chi connectivity index (χ0v) is 9.26. The van der Waals surface area contributed by atoms with E-state index in [9.17, 15) is 0 Å². The Labute approximate surface area is 89.6 Å². The summed E-state index contributed by atoms with van der Waals surface area (Å²) < 4.78 is 5.16. The van der Waals surface area contributed by atoms with E-state index in [-0.39, 0.29) is 0 Å². The molecule has 1 aliphatic rings. The van der Waals surface area contributed by atoms with Gasteiger partial charge in [-0.15, -0.1) is 0 Å². The van der Waals surface area contributed by atoms with Gasteiger partial charge in [-0.25, -0.2) is 0 Å². The van der Waals surface area contributed by atoms with Gasteiger partial charge >= 0.3 is 0 Å². The molecular weight excluding hydrogens is 192 g/mol. The van der Waals surface area contributed by atoms with Crippen LogP contribution < -0.4 is 10.6 Å². The molecule has 0 radical (unpaired) electrons. The zero-order chi connectivity index (χ0) is 10.7. The lowest BCUT2D eigenvalue weighted by atomic mass is 10.2. The fourth-order valence-corrected chi connectivity index (χ4v) is 1.86. The number of aromatic nitrogens is 2. The first kappa shape index (κ1) is 10.4. The summed E-state index contributed by atoms with van der Waals surface area (Å²) in [4.78, 5) is 0. The van der Waals surface area contributed by atoms with Crippen molar-refractivity contribution in [3.8, 4) is 0 Å². The molecule has 1 atom stereocenters. The highest BCUT2D eigenvalue weighted by Crippen LogP contribution is 2.18. The number of hydrogen-bond donors (Lipinski definition) is 3. The van der Waals surface area contributed by atoms with Gasteiger partial charge in [0.25, 0.3) is 0 Å². The molecule has 0 saturated carbocycles. The number of aryl methyl sites for hydroxylation is 1. The molecule has 0 bridgehead atoms. The number of nitrogens with zero attached hydrogens (tertiary/aromatic N) is 1. The van der Waals surface area contributed by atoms with Crippen molar-refractivity contribution < 1.29 is 4.74 Å². The highest BCUT2D eigenvalue weighted by Gasteiger charge is 2.17. The lowest BCUT2D eigenvalue weighted by molar-refractivity contribution is 0.185. The van der Waals surface area contributed by atoms with Crippen molar-refractivity contribution in [2.75, 3.05) is 25.5 Å². The predicted octanol–water partition coefficient (Wildman–Crippen LogP) is 0.638. The Hall–Kier alpha value is -1.07. The van der Waals surface area contributed by atoms with Gasteiger partial charge in [0.05, 0.1) is 6.61 Å². The molecule has 2 heterocycles. The van der Waals surface area contributed by atoms with E-state index in [1.807, 2.05) is 6.92 Å². The number of ether oxygens (including phenoxy) is 1. The fourth-order valence-electron chi connectivity index (χ4n) is 1.86. The molecule has 1 saturated heterocycles. The van der Waals surface area contributed by atoms with Crippen molar-refractivity contribution >= 4 is 5.82 Å². The van der Waals surface area contributed by atoms with Gasteiger partial charge in [-0.2, -0.15) is 5.10 Å². The maximum atomic E-state index is 5.16. The van der Waals surface area contributed by atoms with Crippen LogP contribution in [-0.2, 0) is 11.3 Å². The van der Waals surface area contributed by atoms with E-state index < -0.39 is 0 Å². The van der Waals surface area contributed by atoms with Crippen molar-refractivity contribution in [3.63, 3.8) is 0 Å². The average Bonchev–Trinajstić information content (AvgIpc) is 2.83. The second-order valence-electron chi connectivity index (χ2n) is 3.94. The van der Waals surface area contributed by atoms with Crippen molar-refractivity contribution in [1.82, 2.24) is 15.5 Å². The second-order valence-corrected chi connectivity index (χ2v) is 3.94. The molecule has 1 unspecified atom stereocenters. The number of H-pyrrole nitrogens is 1. The molecule has 2 rings (SSSR count). The predicted molar refractivity (Wildman–Crippen MR) is 58.9 cm³/mol. The first-order valence-electron chi connectivity index (χ1n) is 5.31. The third kappa shape index (κ3) is 2.30. The summed E-state index contributed by atoms with van der Waals surface area (Å²) >= 11 is 0. The SMILES string of the molecule is COCc1c(NC2CCNC2)n[nH]c1C. The van der Waals surface area contributed by atoms with Crippen LogP contribution in [0.1, 0.15) is 17.7 Å². The van der Waals surface area contributed by atoms with Crippen molar-refractivity contribution in [2.45, 2.75) is 26.0 Å². The Morgan fingerprint density at radius 1 is 1.60 bits per heavy atom. The normalized spacial score (nSPS) is 20.8. The van der Waals surface area contributed by atoms with Crippen LogP contribution in [-0.4, -0.2) is 36.4 Å². The fraction of sp³-hybridized carbons (Fsp3) is 0.700. The third-order valence-corrected chi connectivity index (χ3v) is 2.76. The Morgan fingerprint density at radius 3 is 3.13 bits per heavy atom. The average molecular weight is 210 g/mol. The number of nitrogens with one attached hydrogen (secondary N) is 3. The Morgan fingerprint density at radius 2 is 2.47 bits per heavy atom. The van der Waals surface area contributed by atoms with E-state index in [1.54, 1.807) is 7.11 Å². The van der Waals surface area contributed by atoms with Crippen LogP contribution >= 0.6 is 0 Å². The van der Waals surface area contributed by atoms with Gasteiger partial charge in [0.2, 0.25) is 0 Å². The quantitative estimate of drug-likeness (QED) is 0.682. The van der Waals surface area contributed by atoms with E-state index in [1.165, 1.54) is 0 Å². The van der Waals surface area contributed by atoms with Crippen LogP contribution in [0.5, 0.6) is 0 Å². The molecule has 15 heavy (non-hydrogen) atoms. The summed E-state index contributed by atoms with van der Waals surface area (Å²) in [6.45, 7) is 4.71. The summed E-state index contributed by atoms with van der Waals surface area (Å²) in [7, 11) is 1.70. The molecule has 1 fully saturated rings. The van der Waals surface area contributed by atoms with E-state index in [0.717, 1.165) is 36.6 Å². The summed E-state index contributed by atoms with van der Waals surface area (Å²) in [5.41, 5.74) is 2.20. The largest absolute Gasteiger partial charge is 0.380 e. The highest BCUT2D eigenvalue weighted by molar-refractivity contribution is 5.46. The molecule has 3 N–H and O–H groups in total. The van der Waals surface area contributed by atoms with E-state index in [0.29, 0.717) is 12.6 Å². The molecule has 5 heteroatoms. The van der Waals surface area contributed by atoms with Crippen LogP contribution in [0.15, 0.2) is 0 Å². The summed E-state index contributed by atoms with van der Waals surface area (Å²) in [5.74, 6) is 0.933. The molecule has 84 valence electrons. The van der Waals surface area contributed by atoms with Gasteiger partial charge in [-0.1, -0.05) is 0 Å². The van der Waals surface area contributed by atoms with Crippen LogP contribution in [0.25, 0.3) is 0 Å². The van der Waals surface area contributed by atoms with Gasteiger partial charge in [-0.3, -0.25) is 5.10 Å². The number of anilines is 1. The van der Waals surface area contributed by atoms with Gasteiger partial charge < -0.3 is 15.4 Å². The summed E-state index contributed by atoms with van der Waals surface area (Å²) in [5, 5.41) is 14.0. The molecule has 0 aromatic carbocycles. The first-order chi connectivity index (χ1) is 7.31. The monoisotopic (exact) mass is 210 g/mol. The highest BCUT2D eigenvalue weighted by atomic mass is 16.5. The second kappa shape index (κ2) is 4.63. The Balaban J connectivity index is 2.05. The smallest absolute Gasteiger partial charge is 0.153 e. The molecule has 5 nitrogen and oxygen atoms in total. The maximum absolute atomic E-state index is 5.16. The lowest BCUT2D eigenvalue weighted by Gasteiger charge is -2.11. The van der Waals surface area contributed by atoms with Crippen LogP contribution in [0.2, 0.25) is 0 Å². The van der Waals surface area contributed by atoms with Crippen LogP contribution in [0.4, 0.5) is 5.82 Å². The minimum absolute atomic E-state index is 0.489. The minimum Gasteiger partial charge on any atom is -0.380 e. The van der Waals surface area contributed by atoms with Gasteiger partial charge in [-0.05, 0) is 19.9 Å². The van der Waals surface area contributed by atoms with Crippen LogP contribution in [0, 0.1) is 6.92 Å². The van der Waals surface area contributed by atoms with Crippen molar-refractivity contribution in [2.24, 2.45) is 0 Å². The minimum atomic E-state index is 0.489. The molecule has 1 aromatic heterocycles. The summed E-state index contributed by atoms with van der Waals surface area (Å²) in [6, 6.07) is 0.489. The zero-order valence-electron chi connectivity index (χ0n) is 9.26. The van der Waals surface area contributed by atoms with Crippen LogP contribution in [0.3, 0.4) is 0 Å². The Kier molecular flexibility index (Phi) is 3.23. The lowest BCUT2D eigenvalue weighted by Crippen LogP contribution is -2.23. The summed E-state index contributed by atoms with van der Waals surface area (Å²) in [6.07, 6.45) is 1.15. The van der Waals surface area contributed by atoms with Gasteiger partial charge in [0.1, 0.15) is 0 Å². The topological polar surface area (TPSA) is 62.0 Å². The van der Waals surface area contributed by atoms with Gasteiger partial charge in [0, 0.05) is 31.0 Å².